The molecule has 5 rings (SSSR count). The van der Waals surface area contributed by atoms with Crippen LogP contribution in [0.1, 0.15) is 40.2 Å². The molecule has 0 atom stereocenters. The minimum Gasteiger partial charge on any atom is -0.479 e. The summed E-state index contributed by atoms with van der Waals surface area (Å²) in [4.78, 5) is 38.3. The molecule has 2 N–H and O–H groups in total. The fourth-order valence-corrected chi connectivity index (χ4v) is 5.34. The van der Waals surface area contributed by atoms with Crippen LogP contribution in [-0.2, 0) is 9.53 Å². The predicted molar refractivity (Wildman–Crippen MR) is 140 cm³/mol. The van der Waals surface area contributed by atoms with Gasteiger partial charge in [-0.25, -0.2) is 9.59 Å². The summed E-state index contributed by atoms with van der Waals surface area (Å²) < 4.78 is 6.25. The van der Waals surface area contributed by atoms with Gasteiger partial charge in [0.15, 0.2) is 0 Å². The molecule has 0 aromatic heterocycles. The average molecular weight is 582 g/mol. The molecular weight excluding hydrogens is 559 g/mol. The van der Waals surface area contributed by atoms with Gasteiger partial charge in [-0.3, -0.25) is 10.1 Å². The maximum Gasteiger partial charge on any atom is 0.411 e. The zero-order chi connectivity index (χ0) is 24.7. The van der Waals surface area contributed by atoms with Crippen molar-refractivity contribution in [2.75, 3.05) is 19.0 Å². The van der Waals surface area contributed by atoms with E-state index in [1.54, 1.807) is 18.2 Å². The first-order valence-corrected chi connectivity index (χ1v) is 12.3. The summed E-state index contributed by atoms with van der Waals surface area (Å²) in [6.45, 7) is 0.203. The van der Waals surface area contributed by atoms with Gasteiger partial charge in [0.2, 0.25) is 0 Å². The molecule has 0 aliphatic heterocycles. The van der Waals surface area contributed by atoms with Crippen LogP contribution in [0.4, 0.5) is 10.5 Å². The summed E-state index contributed by atoms with van der Waals surface area (Å²) in [5.41, 5.74) is 4.36. The Hall–Kier alpha value is -3.40. The number of amides is 2. The molecule has 2 aliphatic rings. The van der Waals surface area contributed by atoms with Gasteiger partial charge in [0.1, 0.15) is 12.1 Å². The van der Waals surface area contributed by atoms with Gasteiger partial charge in [-0.1, -0.05) is 48.5 Å². The summed E-state index contributed by atoms with van der Waals surface area (Å²) in [5.74, 6) is -1.39. The number of carboxylic acids is 1. The molecule has 2 amide bonds. The third-order valence-electron chi connectivity index (χ3n) is 6.86. The van der Waals surface area contributed by atoms with E-state index in [1.165, 1.54) is 11.9 Å². The molecule has 7 nitrogen and oxygen atoms in total. The number of nitrogens with one attached hydrogen (secondary N) is 1. The Labute approximate surface area is 216 Å². The molecule has 1 fully saturated rings. The molecule has 178 valence electrons. The maximum atomic E-state index is 12.8. The number of hydrogen-bond acceptors (Lipinski definition) is 4. The van der Waals surface area contributed by atoms with Crippen molar-refractivity contribution in [3.8, 4) is 11.1 Å². The maximum absolute atomic E-state index is 12.8. The lowest BCUT2D eigenvalue weighted by Crippen LogP contribution is -2.44. The van der Waals surface area contributed by atoms with E-state index >= 15 is 0 Å². The van der Waals surface area contributed by atoms with Crippen molar-refractivity contribution in [1.82, 2.24) is 4.90 Å². The van der Waals surface area contributed by atoms with Gasteiger partial charge in [-0.2, -0.15) is 0 Å². The van der Waals surface area contributed by atoms with Crippen molar-refractivity contribution in [3.63, 3.8) is 0 Å². The molecule has 3 aromatic carbocycles. The van der Waals surface area contributed by atoms with E-state index in [2.05, 4.69) is 29.6 Å². The molecule has 2 aliphatic carbocycles. The van der Waals surface area contributed by atoms with Gasteiger partial charge in [-0.15, -0.1) is 0 Å². The fraction of sp³-hybridized carbons (Fsp3) is 0.222. The number of likely N-dealkylation sites (N-methyl/N-ethyl adjacent to an activating group) is 1. The van der Waals surface area contributed by atoms with Gasteiger partial charge in [0, 0.05) is 22.1 Å². The molecule has 0 bridgehead atoms. The average Bonchev–Trinajstić information content (AvgIpc) is 3.62. The molecule has 0 heterocycles. The van der Waals surface area contributed by atoms with E-state index in [0.29, 0.717) is 27.7 Å². The molecule has 0 radical (unpaired) electrons. The highest BCUT2D eigenvalue weighted by atomic mass is 127. The Bertz CT molecular complexity index is 1310. The van der Waals surface area contributed by atoms with Crippen LogP contribution in [0.3, 0.4) is 0 Å². The Morgan fingerprint density at radius 2 is 1.63 bits per heavy atom. The van der Waals surface area contributed by atoms with Crippen molar-refractivity contribution in [3.05, 3.63) is 87.0 Å². The zero-order valence-corrected chi connectivity index (χ0v) is 21.1. The number of ether oxygens (including phenoxy) is 1. The molecule has 1 saturated carbocycles. The minimum absolute atomic E-state index is 0.0354. The number of rotatable bonds is 6. The molecule has 3 aromatic rings. The van der Waals surface area contributed by atoms with Crippen LogP contribution in [0, 0.1) is 3.57 Å². The highest BCUT2D eigenvalue weighted by Crippen LogP contribution is 2.44. The van der Waals surface area contributed by atoms with Gasteiger partial charge in [-0.05, 0) is 75.9 Å². The Morgan fingerprint density at radius 1 is 1.03 bits per heavy atom. The van der Waals surface area contributed by atoms with Gasteiger partial charge < -0.3 is 14.7 Å². The topological polar surface area (TPSA) is 95.9 Å². The SMILES string of the molecule is CN(C(=O)c1ccc(NC(=O)OCC2c3ccccc3-c3ccccc32)c(I)c1)C1(C(=O)O)CC1. The first-order valence-electron chi connectivity index (χ1n) is 11.2. The second-order valence-electron chi connectivity index (χ2n) is 8.85. The summed E-state index contributed by atoms with van der Waals surface area (Å²) in [7, 11) is 1.51. The van der Waals surface area contributed by atoms with E-state index < -0.39 is 17.6 Å². The van der Waals surface area contributed by atoms with Gasteiger partial charge in [0.05, 0.1) is 5.69 Å². The first-order chi connectivity index (χ1) is 16.8. The summed E-state index contributed by atoms with van der Waals surface area (Å²) >= 11 is 2.04. The molecule has 0 spiro atoms. The van der Waals surface area contributed by atoms with Crippen molar-refractivity contribution in [2.24, 2.45) is 0 Å². The summed E-state index contributed by atoms with van der Waals surface area (Å²) in [5, 5.41) is 12.2. The molecule has 35 heavy (non-hydrogen) atoms. The smallest absolute Gasteiger partial charge is 0.411 e. The van der Waals surface area contributed by atoms with Crippen LogP contribution >= 0.6 is 22.6 Å². The number of halogens is 1. The second-order valence-corrected chi connectivity index (χ2v) is 10.0. The normalized spacial score (nSPS) is 15.0. The summed E-state index contributed by atoms with van der Waals surface area (Å²) in [6, 6.07) is 21.1. The number of aliphatic carboxylic acids is 1. The highest BCUT2D eigenvalue weighted by Gasteiger charge is 2.55. The lowest BCUT2D eigenvalue weighted by atomic mass is 9.98. The minimum atomic E-state index is -1.11. The zero-order valence-electron chi connectivity index (χ0n) is 19.0. The summed E-state index contributed by atoms with van der Waals surface area (Å²) in [6.07, 6.45) is 0.315. The van der Waals surface area contributed by atoms with Crippen LogP contribution in [0.2, 0.25) is 0 Å². The number of carboxylic acid groups (broad SMARTS) is 1. The number of hydrogen-bond donors (Lipinski definition) is 2. The van der Waals surface area contributed by atoms with Crippen molar-refractivity contribution in [2.45, 2.75) is 24.3 Å². The Balaban J connectivity index is 1.25. The number of fused-ring (bicyclic) bond motifs is 3. The van der Waals surface area contributed by atoms with E-state index in [4.69, 9.17) is 4.74 Å². The van der Waals surface area contributed by atoms with Crippen molar-refractivity contribution < 1.29 is 24.2 Å². The number of anilines is 1. The van der Waals surface area contributed by atoms with Crippen LogP contribution in [0.25, 0.3) is 11.1 Å². The quantitative estimate of drug-likeness (QED) is 0.383. The lowest BCUT2D eigenvalue weighted by molar-refractivity contribution is -0.143. The van der Waals surface area contributed by atoms with Crippen molar-refractivity contribution >= 4 is 46.2 Å². The second kappa shape index (κ2) is 8.99. The number of nitrogens with zero attached hydrogens (tertiary/aromatic N) is 1. The molecule has 8 heteroatoms. The predicted octanol–water partition coefficient (Wildman–Crippen LogP) is 5.34. The van der Waals surface area contributed by atoms with Crippen LogP contribution < -0.4 is 5.32 Å². The fourth-order valence-electron chi connectivity index (χ4n) is 4.69. The van der Waals surface area contributed by atoms with Crippen LogP contribution in [-0.4, -0.2) is 47.2 Å². The van der Waals surface area contributed by atoms with E-state index in [1.807, 2.05) is 46.9 Å². The first kappa shape index (κ1) is 23.3. The van der Waals surface area contributed by atoms with E-state index in [9.17, 15) is 19.5 Å². The lowest BCUT2D eigenvalue weighted by Gasteiger charge is -2.24. The van der Waals surface area contributed by atoms with Gasteiger partial charge >= 0.3 is 12.1 Å². The third kappa shape index (κ3) is 4.16. The third-order valence-corrected chi connectivity index (χ3v) is 7.76. The molecular formula is C27H23IN2O5. The Kier molecular flexibility index (Phi) is 6.00. The Morgan fingerprint density at radius 3 is 2.17 bits per heavy atom. The van der Waals surface area contributed by atoms with E-state index in [-0.39, 0.29) is 18.4 Å². The van der Waals surface area contributed by atoms with Gasteiger partial charge in [0.25, 0.3) is 5.91 Å². The van der Waals surface area contributed by atoms with Crippen molar-refractivity contribution in [1.29, 1.82) is 0 Å². The van der Waals surface area contributed by atoms with Crippen LogP contribution in [0.15, 0.2) is 66.7 Å². The monoisotopic (exact) mass is 582 g/mol. The van der Waals surface area contributed by atoms with E-state index in [0.717, 1.165) is 22.3 Å². The highest BCUT2D eigenvalue weighted by molar-refractivity contribution is 14.1. The molecule has 0 unspecified atom stereocenters. The largest absolute Gasteiger partial charge is 0.479 e. The molecule has 0 saturated heterocycles. The number of carbonyl (C=O) groups is 3. The number of benzene rings is 3. The standard InChI is InChI=1S/C27H23IN2O5/c1-30(27(12-13-27)25(32)33)24(31)16-10-11-23(22(28)14-16)29-26(34)35-15-21-19-8-4-2-6-17(19)18-7-3-5-9-20(18)21/h2-11,14,21H,12-13,15H2,1H3,(H,29,34)(H,32,33). The van der Waals surface area contributed by atoms with Crippen LogP contribution in [0.5, 0.6) is 0 Å². The number of carbonyl (C=O) groups excluding carboxylic acids is 2.